The fourth-order valence-electron chi connectivity index (χ4n) is 3.68. The number of likely N-dealkylation sites (N-methyl/N-ethyl adjacent to an activating group) is 1. The van der Waals surface area contributed by atoms with Gasteiger partial charge < -0.3 is 4.90 Å². The lowest BCUT2D eigenvalue weighted by atomic mass is 9.97. The molecule has 7 heteroatoms. The van der Waals surface area contributed by atoms with Crippen LogP contribution >= 0.6 is 0 Å². The zero-order chi connectivity index (χ0) is 21.3. The second-order valence-electron chi connectivity index (χ2n) is 7.04. The summed E-state index contributed by atoms with van der Waals surface area (Å²) in [6.45, 7) is -0.553. The first-order valence-electron chi connectivity index (χ1n) is 9.43. The zero-order valence-corrected chi connectivity index (χ0v) is 17.1. The predicted molar refractivity (Wildman–Crippen MR) is 112 cm³/mol. The summed E-state index contributed by atoms with van der Waals surface area (Å²) in [6, 6.07) is 24.5. The fourth-order valence-corrected chi connectivity index (χ4v) is 5.19. The largest absolute Gasteiger partial charge is 0.333 e. The molecule has 0 aromatic heterocycles. The first-order chi connectivity index (χ1) is 14.4. The number of amides is 2. The molecule has 1 aliphatic heterocycles. The molecule has 0 bridgehead atoms. The molecule has 2 amide bonds. The molecule has 0 fully saturated rings. The maximum absolute atomic E-state index is 13.1. The van der Waals surface area contributed by atoms with E-state index in [0.717, 1.165) is 11.1 Å². The molecule has 0 radical (unpaired) electrons. The third-order valence-electron chi connectivity index (χ3n) is 5.20. The Hall–Kier alpha value is -3.45. The number of hydrogen-bond donors (Lipinski definition) is 0. The maximum atomic E-state index is 13.1. The second kappa shape index (κ2) is 7.76. The van der Waals surface area contributed by atoms with E-state index in [1.54, 1.807) is 19.2 Å². The Labute approximate surface area is 175 Å². The van der Waals surface area contributed by atoms with E-state index < -0.39 is 34.4 Å². The van der Waals surface area contributed by atoms with E-state index in [1.807, 2.05) is 60.7 Å². The summed E-state index contributed by atoms with van der Waals surface area (Å²) in [5, 5.41) is 0. The maximum Gasteiger partial charge on any atom is 0.269 e. The van der Waals surface area contributed by atoms with Crippen molar-refractivity contribution < 1.29 is 18.0 Å². The van der Waals surface area contributed by atoms with Gasteiger partial charge in [0, 0.05) is 7.05 Å². The molecule has 3 aromatic rings. The normalized spacial score (nSPS) is 14.6. The molecule has 0 saturated carbocycles. The van der Waals surface area contributed by atoms with Gasteiger partial charge >= 0.3 is 0 Å². The summed E-state index contributed by atoms with van der Waals surface area (Å²) in [5.74, 6) is -1.15. The highest BCUT2D eigenvalue weighted by molar-refractivity contribution is 7.90. The second-order valence-corrected chi connectivity index (χ2v) is 8.87. The smallest absolute Gasteiger partial charge is 0.269 e. The Balaban J connectivity index is 1.65. The molecule has 4 rings (SSSR count). The molecular formula is C23H20N2O4S. The topological polar surface area (TPSA) is 74.8 Å². The van der Waals surface area contributed by atoms with Crippen molar-refractivity contribution in [1.82, 2.24) is 9.21 Å². The fraction of sp³-hybridized carbons (Fsp3) is 0.130. The van der Waals surface area contributed by atoms with Crippen LogP contribution < -0.4 is 0 Å². The minimum atomic E-state index is -4.04. The lowest BCUT2D eigenvalue weighted by molar-refractivity contribution is -0.131. The molecule has 0 unspecified atom stereocenters. The van der Waals surface area contributed by atoms with Gasteiger partial charge in [-0.3, -0.25) is 9.59 Å². The summed E-state index contributed by atoms with van der Waals surface area (Å²) in [6.07, 6.45) is 0. The number of sulfonamides is 1. The van der Waals surface area contributed by atoms with Crippen LogP contribution in [0.15, 0.2) is 89.8 Å². The SMILES string of the molecule is CN(C(=O)CN1C(=O)c2ccccc2S1(=O)=O)C(c1ccccc1)c1ccccc1. The molecular weight excluding hydrogens is 400 g/mol. The van der Waals surface area contributed by atoms with Gasteiger partial charge in [-0.25, -0.2) is 12.7 Å². The minimum absolute atomic E-state index is 0.0619. The third-order valence-corrected chi connectivity index (χ3v) is 6.99. The van der Waals surface area contributed by atoms with Gasteiger partial charge in [-0.15, -0.1) is 0 Å². The number of rotatable bonds is 5. The highest BCUT2D eigenvalue weighted by atomic mass is 32.2. The average Bonchev–Trinajstić information content (AvgIpc) is 2.96. The lowest BCUT2D eigenvalue weighted by Gasteiger charge is -2.30. The number of benzene rings is 3. The van der Waals surface area contributed by atoms with E-state index in [1.165, 1.54) is 17.0 Å². The Morgan fingerprint density at radius 3 is 1.90 bits per heavy atom. The molecule has 1 heterocycles. The van der Waals surface area contributed by atoms with Gasteiger partial charge in [0.15, 0.2) is 0 Å². The monoisotopic (exact) mass is 420 g/mol. The first-order valence-corrected chi connectivity index (χ1v) is 10.9. The standard InChI is InChI=1S/C23H20N2O4S/c1-24(22(17-10-4-2-5-11-17)18-12-6-3-7-13-18)21(26)16-25-23(27)19-14-8-9-15-20(19)30(25,28)29/h2-15,22H,16H2,1H3. The number of carbonyl (C=O) groups is 2. The minimum Gasteiger partial charge on any atom is -0.333 e. The molecule has 30 heavy (non-hydrogen) atoms. The Kier molecular flexibility index (Phi) is 5.13. The summed E-state index contributed by atoms with van der Waals surface area (Å²) >= 11 is 0. The summed E-state index contributed by atoms with van der Waals surface area (Å²) in [7, 11) is -2.42. The lowest BCUT2D eigenvalue weighted by Crippen LogP contribution is -2.42. The van der Waals surface area contributed by atoms with E-state index in [2.05, 4.69) is 0 Å². The van der Waals surface area contributed by atoms with Crippen LogP contribution in [0.2, 0.25) is 0 Å². The zero-order valence-electron chi connectivity index (χ0n) is 16.3. The molecule has 0 aliphatic carbocycles. The van der Waals surface area contributed by atoms with Crippen LogP contribution in [-0.4, -0.2) is 43.0 Å². The number of hydrogen-bond acceptors (Lipinski definition) is 4. The highest BCUT2D eigenvalue weighted by Crippen LogP contribution is 2.31. The van der Waals surface area contributed by atoms with Crippen LogP contribution in [0, 0.1) is 0 Å². The van der Waals surface area contributed by atoms with Gasteiger partial charge in [0.2, 0.25) is 5.91 Å². The predicted octanol–water partition coefficient (Wildman–Crippen LogP) is 3.08. The van der Waals surface area contributed by atoms with Crippen molar-refractivity contribution in [2.45, 2.75) is 10.9 Å². The van der Waals surface area contributed by atoms with Crippen LogP contribution in [0.3, 0.4) is 0 Å². The van der Waals surface area contributed by atoms with Gasteiger partial charge in [-0.1, -0.05) is 72.8 Å². The van der Waals surface area contributed by atoms with Crippen LogP contribution in [0.1, 0.15) is 27.5 Å². The molecule has 3 aromatic carbocycles. The summed E-state index contributed by atoms with van der Waals surface area (Å²) in [4.78, 5) is 27.2. The van der Waals surface area contributed by atoms with Crippen molar-refractivity contribution in [2.24, 2.45) is 0 Å². The Morgan fingerprint density at radius 2 is 1.37 bits per heavy atom. The van der Waals surface area contributed by atoms with Crippen molar-refractivity contribution >= 4 is 21.8 Å². The van der Waals surface area contributed by atoms with Gasteiger partial charge in [-0.05, 0) is 23.3 Å². The highest BCUT2D eigenvalue weighted by Gasteiger charge is 2.42. The first kappa shape index (κ1) is 19.8. The van der Waals surface area contributed by atoms with Crippen molar-refractivity contribution in [1.29, 1.82) is 0 Å². The van der Waals surface area contributed by atoms with Gasteiger partial charge in [0.25, 0.3) is 15.9 Å². The molecule has 6 nitrogen and oxygen atoms in total. The average molecular weight is 420 g/mol. The van der Waals surface area contributed by atoms with E-state index in [4.69, 9.17) is 0 Å². The van der Waals surface area contributed by atoms with E-state index in [9.17, 15) is 18.0 Å². The molecule has 0 N–H and O–H groups in total. The molecule has 1 aliphatic rings. The van der Waals surface area contributed by atoms with Crippen LogP contribution in [0.5, 0.6) is 0 Å². The number of fused-ring (bicyclic) bond motifs is 1. The van der Waals surface area contributed by atoms with Gasteiger partial charge in [0.1, 0.15) is 11.4 Å². The van der Waals surface area contributed by atoms with Crippen LogP contribution in [0.4, 0.5) is 0 Å². The van der Waals surface area contributed by atoms with Crippen molar-refractivity contribution in [2.75, 3.05) is 13.6 Å². The van der Waals surface area contributed by atoms with Gasteiger partial charge in [-0.2, -0.15) is 0 Å². The van der Waals surface area contributed by atoms with E-state index in [0.29, 0.717) is 4.31 Å². The van der Waals surface area contributed by atoms with Gasteiger partial charge in [0.05, 0.1) is 11.6 Å². The number of nitrogens with zero attached hydrogens (tertiary/aromatic N) is 2. The molecule has 152 valence electrons. The van der Waals surface area contributed by atoms with Crippen molar-refractivity contribution in [3.8, 4) is 0 Å². The summed E-state index contributed by atoms with van der Waals surface area (Å²) < 4.78 is 26.3. The summed E-state index contributed by atoms with van der Waals surface area (Å²) in [5.41, 5.74) is 1.87. The third kappa shape index (κ3) is 3.37. The Morgan fingerprint density at radius 1 is 0.867 bits per heavy atom. The van der Waals surface area contributed by atoms with Crippen molar-refractivity contribution in [3.05, 3.63) is 102 Å². The Bertz CT molecular complexity index is 1150. The molecule has 0 saturated heterocycles. The van der Waals surface area contributed by atoms with Crippen LogP contribution in [-0.2, 0) is 14.8 Å². The van der Waals surface area contributed by atoms with Crippen LogP contribution in [0.25, 0.3) is 0 Å². The van der Waals surface area contributed by atoms with Crippen molar-refractivity contribution in [3.63, 3.8) is 0 Å². The molecule has 0 spiro atoms. The van der Waals surface area contributed by atoms with E-state index >= 15 is 0 Å². The number of carbonyl (C=O) groups excluding carboxylic acids is 2. The quantitative estimate of drug-likeness (QED) is 0.636. The van der Waals surface area contributed by atoms with E-state index in [-0.39, 0.29) is 10.5 Å². The molecule has 0 atom stereocenters.